The van der Waals surface area contributed by atoms with Crippen molar-refractivity contribution in [2.75, 3.05) is 48.3 Å². The van der Waals surface area contributed by atoms with Gasteiger partial charge < -0.3 is 19.9 Å². The van der Waals surface area contributed by atoms with Crippen LogP contribution in [0.4, 0.5) is 30.5 Å². The Morgan fingerprint density at radius 3 is 2.55 bits per heavy atom. The smallest absolute Gasteiger partial charge is 0.366 e. The summed E-state index contributed by atoms with van der Waals surface area (Å²) >= 11 is 6.11. The molecule has 3 fully saturated rings. The van der Waals surface area contributed by atoms with Crippen LogP contribution < -0.4 is 15.5 Å². The Balaban J connectivity index is 1.01. The molecule has 7 rings (SSSR count). The van der Waals surface area contributed by atoms with Crippen LogP contribution in [0.15, 0.2) is 55.1 Å². The fraction of sp³-hybridized carbons (Fsp3) is 0.419. The second-order valence-corrected chi connectivity index (χ2v) is 12.3. The van der Waals surface area contributed by atoms with Crippen LogP contribution in [0.2, 0.25) is 5.02 Å². The molecule has 2 N–H and O–H groups in total. The molecule has 230 valence electrons. The number of anilines is 3. The van der Waals surface area contributed by atoms with E-state index in [9.17, 15) is 18.0 Å². The van der Waals surface area contributed by atoms with Crippen molar-refractivity contribution < 1.29 is 18.0 Å². The number of piperazine rings is 1. The molecule has 0 unspecified atom stereocenters. The molecular formula is C31H32ClF3N8O. The van der Waals surface area contributed by atoms with Crippen molar-refractivity contribution in [2.45, 2.75) is 43.8 Å². The van der Waals surface area contributed by atoms with Crippen LogP contribution in [0.25, 0.3) is 5.65 Å². The predicted octanol–water partition coefficient (Wildman–Crippen LogP) is 5.69. The highest BCUT2D eigenvalue weighted by Gasteiger charge is 2.44. The van der Waals surface area contributed by atoms with Crippen LogP contribution in [-0.2, 0) is 11.3 Å². The summed E-state index contributed by atoms with van der Waals surface area (Å²) in [5, 5.41) is 6.84. The number of imidazole rings is 1. The Morgan fingerprint density at radius 1 is 1.00 bits per heavy atom. The van der Waals surface area contributed by atoms with Gasteiger partial charge in [-0.2, -0.15) is 13.2 Å². The van der Waals surface area contributed by atoms with E-state index >= 15 is 0 Å². The number of alkyl halides is 3. The maximum absolute atomic E-state index is 12.9. The molecule has 2 atom stereocenters. The molecule has 0 spiro atoms. The van der Waals surface area contributed by atoms with Crippen molar-refractivity contribution >= 4 is 40.5 Å². The summed E-state index contributed by atoms with van der Waals surface area (Å²) in [6, 6.07) is 11.5. The highest BCUT2D eigenvalue weighted by atomic mass is 35.5. The largest absolute Gasteiger partial charge is 0.401 e. The molecular weight excluding hydrogens is 593 g/mol. The van der Waals surface area contributed by atoms with Crippen LogP contribution in [0.3, 0.4) is 0 Å². The van der Waals surface area contributed by atoms with Crippen molar-refractivity contribution in [1.29, 1.82) is 0 Å². The Labute approximate surface area is 257 Å². The topological polar surface area (TPSA) is 90.7 Å². The highest BCUT2D eigenvalue weighted by molar-refractivity contribution is 6.30. The minimum atomic E-state index is -4.19. The number of carbonyl (C=O) groups is 1. The number of amides is 1. The number of benzene rings is 1. The maximum atomic E-state index is 12.9. The van der Waals surface area contributed by atoms with Gasteiger partial charge in [-0.25, -0.2) is 15.0 Å². The van der Waals surface area contributed by atoms with Crippen LogP contribution in [0.5, 0.6) is 0 Å². The number of pyridine rings is 1. The van der Waals surface area contributed by atoms with Gasteiger partial charge in [0.1, 0.15) is 18.0 Å². The maximum Gasteiger partial charge on any atom is 0.401 e. The number of rotatable bonds is 9. The lowest BCUT2D eigenvalue weighted by molar-refractivity contribution is -0.146. The molecule has 0 bridgehead atoms. The summed E-state index contributed by atoms with van der Waals surface area (Å²) in [6.07, 6.45) is 4.35. The van der Waals surface area contributed by atoms with Gasteiger partial charge in [0.15, 0.2) is 5.65 Å². The molecule has 3 aliphatic rings. The van der Waals surface area contributed by atoms with E-state index in [1.54, 1.807) is 6.07 Å². The molecule has 1 saturated heterocycles. The van der Waals surface area contributed by atoms with Gasteiger partial charge in [0.05, 0.1) is 24.5 Å². The van der Waals surface area contributed by atoms with E-state index in [1.165, 1.54) is 16.8 Å². The molecule has 1 aliphatic heterocycles. The molecule has 44 heavy (non-hydrogen) atoms. The number of nitrogens with zero attached hydrogens (tertiary/aromatic N) is 6. The lowest BCUT2D eigenvalue weighted by Gasteiger charge is -2.36. The molecule has 1 aromatic carbocycles. The van der Waals surface area contributed by atoms with Gasteiger partial charge in [-0.3, -0.25) is 9.69 Å². The zero-order valence-electron chi connectivity index (χ0n) is 23.9. The molecule has 4 aromatic rings. The number of nitrogens with one attached hydrogen (secondary N) is 2. The summed E-state index contributed by atoms with van der Waals surface area (Å²) in [5.41, 5.74) is 4.82. The normalized spacial score (nSPS) is 20.6. The Kier molecular flexibility index (Phi) is 7.57. The molecule has 0 radical (unpaired) electrons. The van der Waals surface area contributed by atoms with Crippen molar-refractivity contribution in [1.82, 2.24) is 24.3 Å². The summed E-state index contributed by atoms with van der Waals surface area (Å²) in [7, 11) is 0. The third-order valence-electron chi connectivity index (χ3n) is 8.54. The minimum absolute atomic E-state index is 0.0850. The van der Waals surface area contributed by atoms with Gasteiger partial charge in [0.25, 0.3) is 0 Å². The van der Waals surface area contributed by atoms with E-state index in [-0.39, 0.29) is 17.7 Å². The molecule has 1 amide bonds. The van der Waals surface area contributed by atoms with Crippen LogP contribution in [0.1, 0.15) is 47.9 Å². The summed E-state index contributed by atoms with van der Waals surface area (Å²) < 4.78 is 40.7. The molecule has 2 aliphatic carbocycles. The van der Waals surface area contributed by atoms with E-state index in [0.717, 1.165) is 41.9 Å². The van der Waals surface area contributed by atoms with Crippen LogP contribution in [-0.4, -0.2) is 69.1 Å². The average molecular weight is 625 g/mol. The minimum Gasteiger partial charge on any atom is -0.366 e. The second-order valence-electron chi connectivity index (χ2n) is 11.9. The second kappa shape index (κ2) is 11.6. The van der Waals surface area contributed by atoms with Gasteiger partial charge in [-0.15, -0.1) is 0 Å². The first-order chi connectivity index (χ1) is 21.2. The zero-order valence-corrected chi connectivity index (χ0v) is 24.7. The van der Waals surface area contributed by atoms with E-state index in [0.29, 0.717) is 55.3 Å². The van der Waals surface area contributed by atoms with Crippen LogP contribution in [0, 0.1) is 5.92 Å². The van der Waals surface area contributed by atoms with E-state index < -0.39 is 12.7 Å². The lowest BCUT2D eigenvalue weighted by atomic mass is 10.1. The van der Waals surface area contributed by atoms with Crippen molar-refractivity contribution in [2.24, 2.45) is 5.92 Å². The number of hydrogen-bond acceptors (Lipinski definition) is 7. The fourth-order valence-corrected chi connectivity index (χ4v) is 6.22. The van der Waals surface area contributed by atoms with Crippen molar-refractivity contribution in [3.63, 3.8) is 0 Å². The summed E-state index contributed by atoms with van der Waals surface area (Å²) in [5.74, 6) is 1.42. The first-order valence-corrected chi connectivity index (χ1v) is 15.2. The SMILES string of the molecule is O=C(Nc1cc(NCc2cn3cc(C4CC4)cc(N4CCN(CC(F)(F)F)CC4)c3n2)ncn1)[C@H]1C[C@@H]1c1cccc(Cl)c1. The third kappa shape index (κ3) is 6.61. The van der Waals surface area contributed by atoms with Gasteiger partial charge >= 0.3 is 6.18 Å². The first-order valence-electron chi connectivity index (χ1n) is 14.9. The van der Waals surface area contributed by atoms with Gasteiger partial charge in [0, 0.05) is 55.6 Å². The number of halogens is 4. The molecule has 2 saturated carbocycles. The Morgan fingerprint density at radius 2 is 1.80 bits per heavy atom. The molecule has 13 heteroatoms. The average Bonchev–Trinajstić information content (AvgIpc) is 3.92. The van der Waals surface area contributed by atoms with Crippen LogP contribution >= 0.6 is 11.6 Å². The number of aromatic nitrogens is 4. The highest BCUT2D eigenvalue weighted by Crippen LogP contribution is 2.48. The predicted molar refractivity (Wildman–Crippen MR) is 162 cm³/mol. The monoisotopic (exact) mass is 624 g/mol. The fourth-order valence-electron chi connectivity index (χ4n) is 6.02. The standard InChI is InChI=1S/C31H32ClF3N8O/c32-22-3-1-2-20(10-22)24-12-25(24)30(44)40-28-13-27(37-18-38-28)36-14-23-16-43-15-21(19-4-5-19)11-26(29(43)39-23)42-8-6-41(7-9-42)17-31(33,34)35/h1-3,10-11,13,15-16,18-19,24-25H,4-9,12,14,17H2,(H2,36,37,38,40,44)/t24-,25+/m1/s1. The van der Waals surface area contributed by atoms with E-state index in [2.05, 4.69) is 37.8 Å². The van der Waals surface area contributed by atoms with E-state index in [1.807, 2.05) is 34.9 Å². The Hall–Kier alpha value is -3.90. The zero-order chi connectivity index (χ0) is 30.4. The first kappa shape index (κ1) is 28.8. The third-order valence-corrected chi connectivity index (χ3v) is 8.78. The summed E-state index contributed by atoms with van der Waals surface area (Å²) in [4.78, 5) is 29.9. The molecule has 3 aromatic heterocycles. The molecule has 9 nitrogen and oxygen atoms in total. The number of fused-ring (bicyclic) bond motifs is 1. The summed E-state index contributed by atoms with van der Waals surface area (Å²) in [6.45, 7) is 1.23. The number of carbonyl (C=O) groups excluding carboxylic acids is 1. The van der Waals surface area contributed by atoms with Gasteiger partial charge in [0.2, 0.25) is 5.91 Å². The quantitative estimate of drug-likeness (QED) is 0.247. The van der Waals surface area contributed by atoms with Gasteiger partial charge in [-0.1, -0.05) is 23.7 Å². The van der Waals surface area contributed by atoms with Crippen molar-refractivity contribution in [3.8, 4) is 0 Å². The lowest BCUT2D eigenvalue weighted by Crippen LogP contribution is -2.49. The Bertz CT molecular complexity index is 1680. The van der Waals surface area contributed by atoms with Gasteiger partial charge in [-0.05, 0) is 60.4 Å². The number of hydrogen-bond donors (Lipinski definition) is 2. The van der Waals surface area contributed by atoms with Crippen molar-refractivity contribution in [3.05, 3.63) is 77.0 Å². The molecule has 4 heterocycles. The van der Waals surface area contributed by atoms with E-state index in [4.69, 9.17) is 16.6 Å².